The molecule has 0 unspecified atom stereocenters. The standard InChI is InChI=1S/C9H4Br2OS/c10-7-3-8(11)9-5(1-2-13-9)6(7)4-12/h1-4H. The average molecular weight is 320 g/mol. The molecule has 1 aromatic heterocycles. The first-order valence-corrected chi connectivity index (χ1v) is 6.01. The largest absolute Gasteiger partial charge is 0.298 e. The summed E-state index contributed by atoms with van der Waals surface area (Å²) in [6, 6.07) is 3.86. The molecule has 0 saturated carbocycles. The van der Waals surface area contributed by atoms with Gasteiger partial charge >= 0.3 is 0 Å². The van der Waals surface area contributed by atoms with Crippen LogP contribution < -0.4 is 0 Å². The van der Waals surface area contributed by atoms with Gasteiger partial charge in [0.15, 0.2) is 6.29 Å². The highest BCUT2D eigenvalue weighted by atomic mass is 79.9. The lowest BCUT2D eigenvalue weighted by molar-refractivity contribution is 0.112. The molecule has 0 bridgehead atoms. The lowest BCUT2D eigenvalue weighted by Crippen LogP contribution is -1.83. The highest BCUT2D eigenvalue weighted by molar-refractivity contribution is 9.11. The summed E-state index contributed by atoms with van der Waals surface area (Å²) in [6.45, 7) is 0. The summed E-state index contributed by atoms with van der Waals surface area (Å²) in [6.07, 6.45) is 0.881. The number of halogens is 2. The predicted molar refractivity (Wildman–Crippen MR) is 62.6 cm³/mol. The van der Waals surface area contributed by atoms with Crippen molar-refractivity contribution in [1.82, 2.24) is 0 Å². The van der Waals surface area contributed by atoms with Crippen LogP contribution in [0.25, 0.3) is 10.1 Å². The van der Waals surface area contributed by atoms with Crippen molar-refractivity contribution in [2.45, 2.75) is 0 Å². The van der Waals surface area contributed by atoms with Crippen molar-refractivity contribution in [3.63, 3.8) is 0 Å². The van der Waals surface area contributed by atoms with Crippen LogP contribution in [0.4, 0.5) is 0 Å². The van der Waals surface area contributed by atoms with Gasteiger partial charge in [-0.2, -0.15) is 0 Å². The molecule has 0 atom stereocenters. The molecule has 0 aliphatic rings. The Morgan fingerprint density at radius 2 is 2.08 bits per heavy atom. The molecule has 2 rings (SSSR count). The molecule has 0 aliphatic carbocycles. The molecule has 66 valence electrons. The first-order valence-electron chi connectivity index (χ1n) is 3.54. The molecule has 1 nitrogen and oxygen atoms in total. The van der Waals surface area contributed by atoms with Gasteiger partial charge in [0.25, 0.3) is 0 Å². The summed E-state index contributed by atoms with van der Waals surface area (Å²) in [5.41, 5.74) is 0.722. The summed E-state index contributed by atoms with van der Waals surface area (Å²) in [7, 11) is 0. The summed E-state index contributed by atoms with van der Waals surface area (Å²) < 4.78 is 2.97. The first kappa shape index (κ1) is 9.37. The molecule has 0 spiro atoms. The van der Waals surface area contributed by atoms with E-state index in [4.69, 9.17) is 0 Å². The van der Waals surface area contributed by atoms with Gasteiger partial charge in [0.05, 0.1) is 0 Å². The summed E-state index contributed by atoms with van der Waals surface area (Å²) in [5, 5.41) is 2.98. The second-order valence-electron chi connectivity index (χ2n) is 2.54. The minimum Gasteiger partial charge on any atom is -0.298 e. The number of carbonyl (C=O) groups is 1. The fourth-order valence-corrected chi connectivity index (χ4v) is 3.59. The zero-order valence-corrected chi connectivity index (χ0v) is 10.4. The Balaban J connectivity index is 2.96. The van der Waals surface area contributed by atoms with Crippen molar-refractivity contribution in [3.8, 4) is 0 Å². The quantitative estimate of drug-likeness (QED) is 0.719. The minimum atomic E-state index is 0.722. The van der Waals surface area contributed by atoms with Crippen molar-refractivity contribution in [2.75, 3.05) is 0 Å². The molecule has 1 heterocycles. The monoisotopic (exact) mass is 318 g/mol. The van der Waals surface area contributed by atoms with Gasteiger partial charge in [-0.15, -0.1) is 11.3 Å². The van der Waals surface area contributed by atoms with Gasteiger partial charge in [-0.25, -0.2) is 0 Å². The second-order valence-corrected chi connectivity index (χ2v) is 5.16. The van der Waals surface area contributed by atoms with E-state index >= 15 is 0 Å². The molecule has 1 aromatic carbocycles. The van der Waals surface area contributed by atoms with Crippen LogP contribution in [-0.4, -0.2) is 6.29 Å². The Hall–Kier alpha value is -0.190. The Kier molecular flexibility index (Phi) is 2.53. The number of carbonyl (C=O) groups excluding carboxylic acids is 1. The van der Waals surface area contributed by atoms with Crippen molar-refractivity contribution >= 4 is 59.6 Å². The number of hydrogen-bond donors (Lipinski definition) is 0. The lowest BCUT2D eigenvalue weighted by atomic mass is 10.1. The van der Waals surface area contributed by atoms with Gasteiger partial charge < -0.3 is 0 Å². The van der Waals surface area contributed by atoms with E-state index in [1.54, 1.807) is 11.3 Å². The Labute approximate surface area is 96.0 Å². The van der Waals surface area contributed by atoms with Crippen LogP contribution in [0.5, 0.6) is 0 Å². The molecule has 0 radical (unpaired) electrons. The first-order chi connectivity index (χ1) is 6.24. The Bertz CT molecular complexity index is 476. The van der Waals surface area contributed by atoms with Crippen molar-refractivity contribution in [3.05, 3.63) is 32.0 Å². The van der Waals surface area contributed by atoms with Crippen LogP contribution in [0.15, 0.2) is 26.5 Å². The zero-order valence-electron chi connectivity index (χ0n) is 6.38. The molecule has 2 aromatic rings. The molecule has 0 aliphatic heterocycles. The van der Waals surface area contributed by atoms with Crippen LogP contribution >= 0.6 is 43.2 Å². The van der Waals surface area contributed by atoms with E-state index in [2.05, 4.69) is 31.9 Å². The maximum absolute atomic E-state index is 10.8. The summed E-state index contributed by atoms with van der Waals surface area (Å²) >= 11 is 8.44. The minimum absolute atomic E-state index is 0.722. The predicted octanol–water partition coefficient (Wildman–Crippen LogP) is 4.24. The number of fused-ring (bicyclic) bond motifs is 1. The molecule has 0 N–H and O–H groups in total. The average Bonchev–Trinajstić information content (AvgIpc) is 2.53. The van der Waals surface area contributed by atoms with Crippen LogP contribution in [0, 0.1) is 0 Å². The fraction of sp³-hybridized carbons (Fsp3) is 0. The Morgan fingerprint density at radius 3 is 2.77 bits per heavy atom. The van der Waals surface area contributed by atoms with Crippen LogP contribution in [-0.2, 0) is 0 Å². The molecular weight excluding hydrogens is 316 g/mol. The summed E-state index contributed by atoms with van der Waals surface area (Å²) in [4.78, 5) is 10.8. The van der Waals surface area contributed by atoms with Crippen LogP contribution in [0.3, 0.4) is 0 Å². The van der Waals surface area contributed by atoms with Crippen molar-refractivity contribution in [2.24, 2.45) is 0 Å². The van der Waals surface area contributed by atoms with E-state index in [-0.39, 0.29) is 0 Å². The van der Waals surface area contributed by atoms with Crippen LogP contribution in [0.2, 0.25) is 0 Å². The van der Waals surface area contributed by atoms with E-state index < -0.39 is 0 Å². The molecule has 0 amide bonds. The molecule has 0 fully saturated rings. The SMILES string of the molecule is O=Cc1c(Br)cc(Br)c2sccc12. The fourth-order valence-electron chi connectivity index (χ4n) is 1.21. The zero-order chi connectivity index (χ0) is 9.42. The third-order valence-electron chi connectivity index (χ3n) is 1.80. The van der Waals surface area contributed by atoms with E-state index in [0.29, 0.717) is 0 Å². The highest BCUT2D eigenvalue weighted by Crippen LogP contribution is 2.35. The molecule has 4 heteroatoms. The summed E-state index contributed by atoms with van der Waals surface area (Å²) in [5.74, 6) is 0. The van der Waals surface area contributed by atoms with E-state index in [0.717, 1.165) is 30.9 Å². The molecule has 13 heavy (non-hydrogen) atoms. The third-order valence-corrected chi connectivity index (χ3v) is 4.29. The second kappa shape index (κ2) is 3.52. The van der Waals surface area contributed by atoms with Gasteiger partial charge in [-0.1, -0.05) is 0 Å². The van der Waals surface area contributed by atoms with Gasteiger partial charge in [-0.3, -0.25) is 4.79 Å². The number of rotatable bonds is 1. The Morgan fingerprint density at radius 1 is 1.31 bits per heavy atom. The van der Waals surface area contributed by atoms with Gasteiger partial charge in [0.1, 0.15) is 0 Å². The normalized spacial score (nSPS) is 10.6. The number of thiophene rings is 1. The van der Waals surface area contributed by atoms with Crippen LogP contribution in [0.1, 0.15) is 10.4 Å². The lowest BCUT2D eigenvalue weighted by Gasteiger charge is -2.00. The van der Waals surface area contributed by atoms with Crippen molar-refractivity contribution in [1.29, 1.82) is 0 Å². The van der Waals surface area contributed by atoms with Gasteiger partial charge in [0.2, 0.25) is 0 Å². The third kappa shape index (κ3) is 1.47. The van der Waals surface area contributed by atoms with E-state index in [9.17, 15) is 4.79 Å². The van der Waals surface area contributed by atoms with Gasteiger partial charge in [0, 0.05) is 24.6 Å². The van der Waals surface area contributed by atoms with E-state index in [1.807, 2.05) is 17.5 Å². The van der Waals surface area contributed by atoms with E-state index in [1.165, 1.54) is 0 Å². The maximum atomic E-state index is 10.8. The smallest absolute Gasteiger partial charge is 0.151 e. The van der Waals surface area contributed by atoms with Gasteiger partial charge in [-0.05, 0) is 49.4 Å². The maximum Gasteiger partial charge on any atom is 0.151 e. The number of aldehydes is 1. The number of benzene rings is 1. The highest BCUT2D eigenvalue weighted by Gasteiger charge is 2.09. The topological polar surface area (TPSA) is 17.1 Å². The van der Waals surface area contributed by atoms with Crippen molar-refractivity contribution < 1.29 is 4.79 Å². The number of hydrogen-bond acceptors (Lipinski definition) is 2. The molecule has 0 saturated heterocycles. The molecular formula is C9H4Br2OS.